The molecule has 1 aromatic rings. The van der Waals surface area contributed by atoms with Crippen molar-refractivity contribution in [2.75, 3.05) is 26.7 Å². The molecule has 0 aromatic carbocycles. The van der Waals surface area contributed by atoms with Crippen LogP contribution in [0.4, 0.5) is 0 Å². The van der Waals surface area contributed by atoms with Gasteiger partial charge in [0.1, 0.15) is 0 Å². The summed E-state index contributed by atoms with van der Waals surface area (Å²) >= 11 is 0. The van der Waals surface area contributed by atoms with Crippen molar-refractivity contribution in [3.05, 3.63) is 17.0 Å². The normalized spacial score (nSPS) is 18.2. The third kappa shape index (κ3) is 4.32. The lowest BCUT2D eigenvalue weighted by atomic mass is 10.1. The number of nitrogens with one attached hydrogen (secondary N) is 1. The number of guanidine groups is 1. The molecule has 146 valence electrons. The fraction of sp³-hybridized carbons (Fsp3) is 0.722. The molecule has 8 heteroatoms. The lowest BCUT2D eigenvalue weighted by Crippen LogP contribution is -2.55. The first kappa shape index (κ1) is 21.0. The molecule has 1 aromatic heterocycles. The van der Waals surface area contributed by atoms with E-state index in [9.17, 15) is 4.79 Å². The summed E-state index contributed by atoms with van der Waals surface area (Å²) in [6.07, 6.45) is 4.21. The first-order valence-electron chi connectivity index (χ1n) is 9.37. The maximum absolute atomic E-state index is 12.4. The quantitative estimate of drug-likeness (QED) is 0.400. The number of carbonyl (C=O) groups excluding carboxylic acids is 1. The number of hydrogen-bond donors (Lipinski definition) is 1. The van der Waals surface area contributed by atoms with Crippen LogP contribution in [-0.4, -0.2) is 64.2 Å². The highest BCUT2D eigenvalue weighted by Gasteiger charge is 2.36. The molecule has 3 rings (SSSR count). The molecule has 26 heavy (non-hydrogen) atoms. The SMILES string of the molecule is CCc1nn(C)c(CC)c1CNC(=NC)N1CCN(C2CC2)C(=O)C1.I. The van der Waals surface area contributed by atoms with E-state index < -0.39 is 0 Å². The summed E-state index contributed by atoms with van der Waals surface area (Å²) in [6, 6.07) is 0.499. The minimum atomic E-state index is 0. The molecular formula is C18H31IN6O. The summed E-state index contributed by atoms with van der Waals surface area (Å²) in [5.74, 6) is 1.03. The van der Waals surface area contributed by atoms with Crippen LogP contribution in [0.2, 0.25) is 0 Å². The number of piperazine rings is 1. The van der Waals surface area contributed by atoms with Gasteiger partial charge in [0.2, 0.25) is 5.91 Å². The van der Waals surface area contributed by atoms with E-state index in [0.717, 1.165) is 37.6 Å². The second-order valence-corrected chi connectivity index (χ2v) is 6.84. The predicted molar refractivity (Wildman–Crippen MR) is 114 cm³/mol. The van der Waals surface area contributed by atoms with E-state index in [-0.39, 0.29) is 29.9 Å². The summed E-state index contributed by atoms with van der Waals surface area (Å²) in [7, 11) is 3.79. The Kier molecular flexibility index (Phi) is 7.31. The molecule has 0 bridgehead atoms. The highest BCUT2D eigenvalue weighted by Crippen LogP contribution is 2.28. The number of aromatic nitrogens is 2. The molecule has 1 saturated heterocycles. The number of nitrogens with zero attached hydrogens (tertiary/aromatic N) is 5. The minimum absolute atomic E-state index is 0. The van der Waals surface area contributed by atoms with E-state index in [1.165, 1.54) is 24.1 Å². The highest BCUT2D eigenvalue weighted by atomic mass is 127. The fourth-order valence-electron chi connectivity index (χ4n) is 3.73. The van der Waals surface area contributed by atoms with Crippen LogP contribution in [-0.2, 0) is 31.2 Å². The van der Waals surface area contributed by atoms with Crippen LogP contribution in [0.3, 0.4) is 0 Å². The summed E-state index contributed by atoms with van der Waals surface area (Å²) in [5, 5.41) is 8.08. The molecule has 0 unspecified atom stereocenters. The standard InChI is InChI=1S/C18H30N6O.HI/c1-5-15-14(16(6-2)22(4)21-15)11-20-18(19-3)23-9-10-24(13-7-8-13)17(25)12-23;/h13H,5-12H2,1-4H3,(H,19,20);1H. The Balaban J connectivity index is 0.00000243. The van der Waals surface area contributed by atoms with Crippen molar-refractivity contribution in [1.82, 2.24) is 24.9 Å². The molecular weight excluding hydrogens is 443 g/mol. The van der Waals surface area contributed by atoms with Crippen LogP contribution >= 0.6 is 24.0 Å². The maximum Gasteiger partial charge on any atom is 0.242 e. The van der Waals surface area contributed by atoms with Gasteiger partial charge in [0.25, 0.3) is 0 Å². The first-order valence-corrected chi connectivity index (χ1v) is 9.37. The van der Waals surface area contributed by atoms with E-state index in [4.69, 9.17) is 0 Å². The number of halogens is 1. The molecule has 0 radical (unpaired) electrons. The highest BCUT2D eigenvalue weighted by molar-refractivity contribution is 14.0. The topological polar surface area (TPSA) is 65.8 Å². The number of rotatable bonds is 5. The maximum atomic E-state index is 12.4. The molecule has 2 fully saturated rings. The second-order valence-electron chi connectivity index (χ2n) is 6.84. The largest absolute Gasteiger partial charge is 0.352 e. The molecule has 2 heterocycles. The Hall–Kier alpha value is -1.32. The van der Waals surface area contributed by atoms with Gasteiger partial charge in [-0.05, 0) is 25.7 Å². The zero-order chi connectivity index (χ0) is 18.0. The van der Waals surface area contributed by atoms with Gasteiger partial charge in [-0.2, -0.15) is 5.10 Å². The Morgan fingerprint density at radius 2 is 2.00 bits per heavy atom. The molecule has 0 atom stereocenters. The smallest absolute Gasteiger partial charge is 0.242 e. The van der Waals surface area contributed by atoms with Crippen molar-refractivity contribution in [1.29, 1.82) is 0 Å². The first-order chi connectivity index (χ1) is 12.1. The summed E-state index contributed by atoms with van der Waals surface area (Å²) in [6.45, 7) is 7.06. The van der Waals surface area contributed by atoms with E-state index in [2.05, 4.69) is 34.2 Å². The summed E-state index contributed by atoms with van der Waals surface area (Å²) in [4.78, 5) is 20.9. The van der Waals surface area contributed by atoms with Gasteiger partial charge < -0.3 is 15.1 Å². The molecule has 1 aliphatic heterocycles. The van der Waals surface area contributed by atoms with Crippen LogP contribution in [0, 0.1) is 0 Å². The minimum Gasteiger partial charge on any atom is -0.352 e. The van der Waals surface area contributed by atoms with Crippen molar-refractivity contribution < 1.29 is 4.79 Å². The molecule has 7 nitrogen and oxygen atoms in total. The number of hydrogen-bond acceptors (Lipinski definition) is 3. The Morgan fingerprint density at radius 3 is 2.54 bits per heavy atom. The Bertz CT molecular complexity index is 667. The van der Waals surface area contributed by atoms with Crippen molar-refractivity contribution in [2.24, 2.45) is 12.0 Å². The van der Waals surface area contributed by atoms with Crippen LogP contribution in [0.15, 0.2) is 4.99 Å². The van der Waals surface area contributed by atoms with Crippen molar-refractivity contribution >= 4 is 35.8 Å². The third-order valence-corrected chi connectivity index (χ3v) is 5.21. The molecule has 1 amide bonds. The second kappa shape index (κ2) is 9.05. The lowest BCUT2D eigenvalue weighted by Gasteiger charge is -2.36. The van der Waals surface area contributed by atoms with Gasteiger partial charge in [-0.15, -0.1) is 24.0 Å². The van der Waals surface area contributed by atoms with Gasteiger partial charge in [-0.3, -0.25) is 14.5 Å². The van der Waals surface area contributed by atoms with Gasteiger partial charge in [-0.1, -0.05) is 13.8 Å². The number of aliphatic imine (C=N–C) groups is 1. The van der Waals surface area contributed by atoms with Gasteiger partial charge in [0.05, 0.1) is 12.2 Å². The fourth-order valence-corrected chi connectivity index (χ4v) is 3.73. The zero-order valence-electron chi connectivity index (χ0n) is 16.3. The molecule has 0 spiro atoms. The number of carbonyl (C=O) groups is 1. The average molecular weight is 474 g/mol. The van der Waals surface area contributed by atoms with E-state index in [0.29, 0.717) is 19.1 Å². The predicted octanol–water partition coefficient (Wildman–Crippen LogP) is 1.54. The molecule has 1 saturated carbocycles. The van der Waals surface area contributed by atoms with E-state index >= 15 is 0 Å². The van der Waals surface area contributed by atoms with Crippen molar-refractivity contribution in [2.45, 2.75) is 52.1 Å². The van der Waals surface area contributed by atoms with E-state index in [1.54, 1.807) is 7.05 Å². The summed E-state index contributed by atoms with van der Waals surface area (Å²) < 4.78 is 1.98. The van der Waals surface area contributed by atoms with Crippen molar-refractivity contribution in [3.63, 3.8) is 0 Å². The third-order valence-electron chi connectivity index (χ3n) is 5.21. The van der Waals surface area contributed by atoms with Crippen LogP contribution in [0.25, 0.3) is 0 Å². The average Bonchev–Trinajstić information content (AvgIpc) is 3.39. The Morgan fingerprint density at radius 1 is 1.27 bits per heavy atom. The van der Waals surface area contributed by atoms with Gasteiger partial charge >= 0.3 is 0 Å². The lowest BCUT2D eigenvalue weighted by molar-refractivity contribution is -0.135. The molecule has 1 N–H and O–H groups in total. The summed E-state index contributed by atoms with van der Waals surface area (Å²) in [5.41, 5.74) is 3.66. The number of aryl methyl sites for hydroxylation is 2. The van der Waals surface area contributed by atoms with E-state index in [1.807, 2.05) is 16.6 Å². The van der Waals surface area contributed by atoms with Gasteiger partial charge in [-0.25, -0.2) is 0 Å². The Labute approximate surface area is 173 Å². The van der Waals surface area contributed by atoms with Crippen LogP contribution < -0.4 is 5.32 Å². The van der Waals surface area contributed by atoms with Gasteiger partial charge in [0, 0.05) is 51.0 Å². The number of amides is 1. The van der Waals surface area contributed by atoms with Crippen LogP contribution in [0.1, 0.15) is 43.6 Å². The monoisotopic (exact) mass is 474 g/mol. The molecule has 2 aliphatic rings. The van der Waals surface area contributed by atoms with Crippen LogP contribution in [0.5, 0.6) is 0 Å². The zero-order valence-corrected chi connectivity index (χ0v) is 18.6. The van der Waals surface area contributed by atoms with Gasteiger partial charge in [0.15, 0.2) is 5.96 Å². The molecule has 1 aliphatic carbocycles. The van der Waals surface area contributed by atoms with Crippen molar-refractivity contribution in [3.8, 4) is 0 Å².